The van der Waals surface area contributed by atoms with Crippen molar-refractivity contribution in [3.8, 4) is 0 Å². The van der Waals surface area contributed by atoms with Crippen LogP contribution in [0, 0.1) is 13.8 Å². The largest absolute Gasteiger partial charge is 0.444 e. The van der Waals surface area contributed by atoms with Gasteiger partial charge in [-0.05, 0) is 58.7 Å². The van der Waals surface area contributed by atoms with Crippen LogP contribution < -0.4 is 16.0 Å². The van der Waals surface area contributed by atoms with Crippen LogP contribution in [0.3, 0.4) is 0 Å². The predicted octanol–water partition coefficient (Wildman–Crippen LogP) is 4.16. The molecule has 0 bridgehead atoms. The molecule has 3 N–H and O–H groups in total. The van der Waals surface area contributed by atoms with E-state index in [1.807, 2.05) is 58.9 Å². The van der Waals surface area contributed by atoms with Gasteiger partial charge >= 0.3 is 6.09 Å². The second-order valence-electron chi connectivity index (χ2n) is 7.68. The summed E-state index contributed by atoms with van der Waals surface area (Å²) in [5.41, 5.74) is 2.22. The number of oxazole rings is 1. The smallest absolute Gasteiger partial charge is 0.412 e. The summed E-state index contributed by atoms with van der Waals surface area (Å²) in [4.78, 5) is 20.3. The predicted molar refractivity (Wildman–Crippen MR) is 130 cm³/mol. The summed E-state index contributed by atoms with van der Waals surface area (Å²) < 4.78 is 10.8. The molecule has 1 amide bonds. The number of carbonyl (C=O) groups excluding carboxylic acids is 1. The highest BCUT2D eigenvalue weighted by Crippen LogP contribution is 2.13. The number of carbonyl (C=O) groups is 1. The zero-order valence-electron chi connectivity index (χ0n) is 18.5. The monoisotopic (exact) mass is 529 g/mol. The Morgan fingerprint density at radius 2 is 1.83 bits per heavy atom. The molecule has 1 aromatic heterocycles. The fourth-order valence-corrected chi connectivity index (χ4v) is 2.50. The molecular formula is C21H32IN5O3. The number of rotatable bonds is 6. The lowest BCUT2D eigenvalue weighted by Crippen LogP contribution is -2.37. The number of aliphatic imine (C=N–C) groups is 1. The lowest BCUT2D eigenvalue weighted by Gasteiger charge is -2.19. The summed E-state index contributed by atoms with van der Waals surface area (Å²) in [5, 5.41) is 9.17. The molecule has 0 radical (unpaired) electrons. The van der Waals surface area contributed by atoms with Crippen LogP contribution in [0.15, 0.2) is 33.7 Å². The van der Waals surface area contributed by atoms with Gasteiger partial charge in [0, 0.05) is 19.3 Å². The Morgan fingerprint density at radius 3 is 2.37 bits per heavy atom. The summed E-state index contributed by atoms with van der Waals surface area (Å²) in [6.07, 6.45) is 0.350. The van der Waals surface area contributed by atoms with Crippen LogP contribution in [0.1, 0.15) is 43.7 Å². The highest BCUT2D eigenvalue weighted by Gasteiger charge is 2.16. The highest BCUT2D eigenvalue weighted by atomic mass is 127. The second kappa shape index (κ2) is 11.8. The summed E-state index contributed by atoms with van der Waals surface area (Å²) in [7, 11) is 1.72. The number of hydrogen-bond acceptors (Lipinski definition) is 5. The standard InChI is InChI=1S/C21H31N5O3.HI/c1-14-15(2)28-18(25-14)13-24-19(22-6)23-12-11-16-7-9-17(10-8-16)26-20(27)29-21(3,4)5;/h7-10H,11-13H2,1-6H3,(H,26,27)(H2,22,23,24);1H. The number of anilines is 1. The number of nitrogens with one attached hydrogen (secondary N) is 3. The number of aromatic nitrogens is 1. The van der Waals surface area contributed by atoms with Crippen molar-refractivity contribution in [1.29, 1.82) is 0 Å². The van der Waals surface area contributed by atoms with E-state index in [9.17, 15) is 4.79 Å². The van der Waals surface area contributed by atoms with Gasteiger partial charge in [0.1, 0.15) is 11.4 Å². The first-order valence-electron chi connectivity index (χ1n) is 9.62. The zero-order chi connectivity index (χ0) is 21.4. The summed E-state index contributed by atoms with van der Waals surface area (Å²) in [5.74, 6) is 2.15. The maximum Gasteiger partial charge on any atom is 0.412 e. The van der Waals surface area contributed by atoms with Crippen molar-refractivity contribution in [3.05, 3.63) is 47.2 Å². The molecule has 1 aromatic carbocycles. The van der Waals surface area contributed by atoms with Crippen molar-refractivity contribution < 1.29 is 13.9 Å². The molecule has 0 atom stereocenters. The Labute approximate surface area is 195 Å². The fraction of sp³-hybridized carbons (Fsp3) is 0.476. The minimum Gasteiger partial charge on any atom is -0.444 e. The summed E-state index contributed by atoms with van der Waals surface area (Å²) in [6.45, 7) is 10.5. The van der Waals surface area contributed by atoms with Crippen molar-refractivity contribution in [3.63, 3.8) is 0 Å². The number of amides is 1. The Bertz CT molecular complexity index is 822. The molecule has 2 aromatic rings. The van der Waals surface area contributed by atoms with Crippen LogP contribution in [-0.4, -0.2) is 36.2 Å². The molecule has 0 saturated heterocycles. The quantitative estimate of drug-likeness (QED) is 0.295. The second-order valence-corrected chi connectivity index (χ2v) is 7.68. The van der Waals surface area contributed by atoms with Gasteiger partial charge in [-0.1, -0.05) is 12.1 Å². The minimum atomic E-state index is -0.521. The van der Waals surface area contributed by atoms with E-state index in [1.165, 1.54) is 0 Å². The van der Waals surface area contributed by atoms with E-state index >= 15 is 0 Å². The van der Waals surface area contributed by atoms with E-state index in [2.05, 4.69) is 25.9 Å². The first-order chi connectivity index (χ1) is 13.7. The molecule has 0 aliphatic carbocycles. The van der Waals surface area contributed by atoms with Crippen LogP contribution in [0.4, 0.5) is 10.5 Å². The van der Waals surface area contributed by atoms with Gasteiger partial charge in [-0.2, -0.15) is 0 Å². The number of nitrogens with zero attached hydrogens (tertiary/aromatic N) is 2. The normalized spacial score (nSPS) is 11.5. The first kappa shape index (κ1) is 25.7. The van der Waals surface area contributed by atoms with Gasteiger partial charge in [0.25, 0.3) is 0 Å². The third-order valence-electron chi connectivity index (χ3n) is 4.01. The number of ether oxygens (including phenoxy) is 1. The fourth-order valence-electron chi connectivity index (χ4n) is 2.50. The Hall–Kier alpha value is -2.30. The Morgan fingerprint density at radius 1 is 1.17 bits per heavy atom. The van der Waals surface area contributed by atoms with Crippen molar-refractivity contribution in [2.24, 2.45) is 4.99 Å². The van der Waals surface area contributed by atoms with Crippen LogP contribution in [0.5, 0.6) is 0 Å². The molecule has 0 fully saturated rings. The maximum absolute atomic E-state index is 11.8. The summed E-state index contributed by atoms with van der Waals surface area (Å²) >= 11 is 0. The van der Waals surface area contributed by atoms with E-state index in [1.54, 1.807) is 7.05 Å². The number of guanidine groups is 1. The third kappa shape index (κ3) is 9.02. The van der Waals surface area contributed by atoms with Crippen molar-refractivity contribution in [1.82, 2.24) is 15.6 Å². The molecule has 166 valence electrons. The number of benzene rings is 1. The molecule has 0 spiro atoms. The zero-order valence-corrected chi connectivity index (χ0v) is 20.8. The summed E-state index contributed by atoms with van der Waals surface area (Å²) in [6, 6.07) is 7.67. The lowest BCUT2D eigenvalue weighted by molar-refractivity contribution is 0.0636. The number of aryl methyl sites for hydroxylation is 2. The van der Waals surface area contributed by atoms with Gasteiger partial charge in [-0.25, -0.2) is 9.78 Å². The van der Waals surface area contributed by atoms with E-state index in [0.29, 0.717) is 30.6 Å². The number of hydrogen-bond donors (Lipinski definition) is 3. The SMILES string of the molecule is CN=C(NCCc1ccc(NC(=O)OC(C)(C)C)cc1)NCc1nc(C)c(C)o1.I. The van der Waals surface area contributed by atoms with E-state index in [4.69, 9.17) is 9.15 Å². The van der Waals surface area contributed by atoms with Crippen LogP contribution in [0.2, 0.25) is 0 Å². The van der Waals surface area contributed by atoms with Crippen molar-refractivity contribution in [2.45, 2.75) is 53.2 Å². The molecule has 0 aliphatic heterocycles. The molecule has 1 heterocycles. The van der Waals surface area contributed by atoms with E-state index < -0.39 is 11.7 Å². The Balaban J connectivity index is 0.00000450. The topological polar surface area (TPSA) is 101 Å². The molecule has 0 saturated carbocycles. The highest BCUT2D eigenvalue weighted by molar-refractivity contribution is 14.0. The molecule has 2 rings (SSSR count). The van der Waals surface area contributed by atoms with Crippen molar-refractivity contribution in [2.75, 3.05) is 18.9 Å². The third-order valence-corrected chi connectivity index (χ3v) is 4.01. The van der Waals surface area contributed by atoms with Gasteiger partial charge in [0.05, 0.1) is 12.2 Å². The Kier molecular flexibility index (Phi) is 10.1. The maximum atomic E-state index is 11.8. The van der Waals surface area contributed by atoms with Crippen molar-refractivity contribution >= 4 is 41.7 Å². The van der Waals surface area contributed by atoms with Gasteiger partial charge in [-0.3, -0.25) is 10.3 Å². The molecule has 0 unspecified atom stereocenters. The van der Waals surface area contributed by atoms with Gasteiger partial charge in [-0.15, -0.1) is 24.0 Å². The number of halogens is 1. The molecule has 8 nitrogen and oxygen atoms in total. The minimum absolute atomic E-state index is 0. The molecule has 30 heavy (non-hydrogen) atoms. The average molecular weight is 529 g/mol. The molecular weight excluding hydrogens is 497 g/mol. The van der Waals surface area contributed by atoms with Gasteiger partial charge in [0.15, 0.2) is 5.96 Å². The first-order valence-corrected chi connectivity index (χ1v) is 9.62. The van der Waals surface area contributed by atoms with E-state index in [-0.39, 0.29) is 24.0 Å². The molecule has 9 heteroatoms. The average Bonchev–Trinajstić information content (AvgIpc) is 2.95. The van der Waals surface area contributed by atoms with E-state index in [0.717, 1.165) is 23.4 Å². The van der Waals surface area contributed by atoms with Gasteiger partial charge in [0.2, 0.25) is 5.89 Å². The lowest BCUT2D eigenvalue weighted by atomic mass is 10.1. The molecule has 0 aliphatic rings. The van der Waals surface area contributed by atoms with Crippen LogP contribution >= 0.6 is 24.0 Å². The van der Waals surface area contributed by atoms with Gasteiger partial charge < -0.3 is 19.8 Å². The van der Waals surface area contributed by atoms with Crippen LogP contribution in [0.25, 0.3) is 0 Å². The van der Waals surface area contributed by atoms with Crippen LogP contribution in [-0.2, 0) is 17.7 Å².